The molecule has 6 heteroatoms. The van der Waals surface area contributed by atoms with Crippen LogP contribution in [0.3, 0.4) is 0 Å². The van der Waals surface area contributed by atoms with E-state index in [0.717, 1.165) is 23.3 Å². The maximum atomic E-state index is 12.7. The zero-order chi connectivity index (χ0) is 23.0. The molecule has 0 atom stereocenters. The molecular formula is C26H32N2O4. The number of hydrogen-bond acceptors (Lipinski definition) is 4. The average Bonchev–Trinajstić information content (AvgIpc) is 3.02. The molecule has 2 aromatic rings. The molecule has 0 N–H and O–H groups in total. The Morgan fingerprint density at radius 1 is 0.938 bits per heavy atom. The average molecular weight is 437 g/mol. The SMILES string of the molecule is CC(C)(C)OC(=O)N1CCCN(C(=O)/C=C/c2cccc(OCc3ccccc3)c2)CC1. The summed E-state index contributed by atoms with van der Waals surface area (Å²) in [6, 6.07) is 17.7. The van der Waals surface area contributed by atoms with E-state index in [1.807, 2.05) is 75.4 Å². The van der Waals surface area contributed by atoms with Crippen molar-refractivity contribution in [1.82, 2.24) is 9.80 Å². The van der Waals surface area contributed by atoms with Gasteiger partial charge >= 0.3 is 6.09 Å². The lowest BCUT2D eigenvalue weighted by Gasteiger charge is -2.26. The zero-order valence-electron chi connectivity index (χ0n) is 19.1. The van der Waals surface area contributed by atoms with E-state index >= 15 is 0 Å². The van der Waals surface area contributed by atoms with E-state index in [0.29, 0.717) is 32.8 Å². The molecule has 2 amide bonds. The number of carbonyl (C=O) groups excluding carboxylic acids is 2. The fourth-order valence-electron chi connectivity index (χ4n) is 3.37. The van der Waals surface area contributed by atoms with Crippen LogP contribution >= 0.6 is 0 Å². The minimum absolute atomic E-state index is 0.0633. The number of amides is 2. The number of benzene rings is 2. The Kier molecular flexibility index (Phi) is 7.92. The quantitative estimate of drug-likeness (QED) is 0.635. The van der Waals surface area contributed by atoms with Crippen LogP contribution in [0, 0.1) is 0 Å². The Morgan fingerprint density at radius 2 is 1.66 bits per heavy atom. The number of ether oxygens (including phenoxy) is 2. The Hall–Kier alpha value is -3.28. The van der Waals surface area contributed by atoms with Crippen molar-refractivity contribution in [2.75, 3.05) is 26.2 Å². The fraction of sp³-hybridized carbons (Fsp3) is 0.385. The molecule has 0 aliphatic carbocycles. The van der Waals surface area contributed by atoms with E-state index in [2.05, 4.69) is 0 Å². The predicted molar refractivity (Wildman–Crippen MR) is 125 cm³/mol. The highest BCUT2D eigenvalue weighted by Gasteiger charge is 2.25. The summed E-state index contributed by atoms with van der Waals surface area (Å²) >= 11 is 0. The van der Waals surface area contributed by atoms with Gasteiger partial charge in [-0.05, 0) is 56.5 Å². The van der Waals surface area contributed by atoms with Gasteiger partial charge in [0.15, 0.2) is 0 Å². The second-order valence-electron chi connectivity index (χ2n) is 8.83. The molecule has 1 saturated heterocycles. The Balaban J connectivity index is 1.53. The van der Waals surface area contributed by atoms with Gasteiger partial charge in [-0.1, -0.05) is 42.5 Å². The number of hydrogen-bond donors (Lipinski definition) is 0. The summed E-state index contributed by atoms with van der Waals surface area (Å²) in [5.41, 5.74) is 1.47. The molecule has 3 rings (SSSR count). The van der Waals surface area contributed by atoms with Gasteiger partial charge in [-0.25, -0.2) is 4.79 Å². The van der Waals surface area contributed by atoms with Gasteiger partial charge < -0.3 is 19.3 Å². The number of rotatable bonds is 5. The van der Waals surface area contributed by atoms with Crippen LogP contribution in [-0.2, 0) is 16.1 Å². The highest BCUT2D eigenvalue weighted by atomic mass is 16.6. The van der Waals surface area contributed by atoms with Gasteiger partial charge in [0.05, 0.1) is 0 Å². The first-order chi connectivity index (χ1) is 15.3. The molecule has 32 heavy (non-hydrogen) atoms. The van der Waals surface area contributed by atoms with E-state index in [1.54, 1.807) is 22.0 Å². The molecule has 1 aliphatic heterocycles. The maximum absolute atomic E-state index is 12.7. The molecule has 0 unspecified atom stereocenters. The van der Waals surface area contributed by atoms with Crippen LogP contribution in [0.25, 0.3) is 6.08 Å². The lowest BCUT2D eigenvalue weighted by Crippen LogP contribution is -2.39. The largest absolute Gasteiger partial charge is 0.489 e. The van der Waals surface area contributed by atoms with Crippen molar-refractivity contribution < 1.29 is 19.1 Å². The van der Waals surface area contributed by atoms with Crippen molar-refractivity contribution in [2.45, 2.75) is 39.4 Å². The van der Waals surface area contributed by atoms with Gasteiger partial charge in [0.2, 0.25) is 5.91 Å². The summed E-state index contributed by atoms with van der Waals surface area (Å²) < 4.78 is 11.3. The summed E-state index contributed by atoms with van der Waals surface area (Å²) in [6.45, 7) is 8.21. The lowest BCUT2D eigenvalue weighted by molar-refractivity contribution is -0.125. The van der Waals surface area contributed by atoms with E-state index in [1.165, 1.54) is 0 Å². The monoisotopic (exact) mass is 436 g/mol. The van der Waals surface area contributed by atoms with Gasteiger partial charge in [-0.3, -0.25) is 4.79 Å². The second kappa shape index (κ2) is 10.8. The normalized spacial score (nSPS) is 14.8. The summed E-state index contributed by atoms with van der Waals surface area (Å²) in [6.07, 6.45) is 3.78. The molecule has 1 heterocycles. The van der Waals surface area contributed by atoms with Gasteiger partial charge in [0.25, 0.3) is 0 Å². The molecule has 0 bridgehead atoms. The molecule has 170 valence electrons. The standard InChI is InChI=1S/C26H32N2O4/c1-26(2,3)32-25(30)28-16-8-15-27(17-18-28)24(29)14-13-21-11-7-12-23(19-21)31-20-22-9-5-4-6-10-22/h4-7,9-14,19H,8,15-18,20H2,1-3H3/b14-13+. The molecule has 1 aliphatic rings. The van der Waals surface area contributed by atoms with Crippen LogP contribution in [0.5, 0.6) is 5.75 Å². The van der Waals surface area contributed by atoms with Crippen molar-refractivity contribution in [3.63, 3.8) is 0 Å². The van der Waals surface area contributed by atoms with Gasteiger partial charge in [-0.15, -0.1) is 0 Å². The smallest absolute Gasteiger partial charge is 0.410 e. The van der Waals surface area contributed by atoms with E-state index in [-0.39, 0.29) is 12.0 Å². The summed E-state index contributed by atoms with van der Waals surface area (Å²) in [4.78, 5) is 28.5. The first-order valence-corrected chi connectivity index (χ1v) is 11.0. The Bertz CT molecular complexity index is 934. The van der Waals surface area contributed by atoms with Crippen molar-refractivity contribution in [1.29, 1.82) is 0 Å². The Labute approximate surface area is 190 Å². The fourth-order valence-corrected chi connectivity index (χ4v) is 3.37. The minimum Gasteiger partial charge on any atom is -0.489 e. The first kappa shape index (κ1) is 23.4. The van der Waals surface area contributed by atoms with Gasteiger partial charge in [0, 0.05) is 32.3 Å². The first-order valence-electron chi connectivity index (χ1n) is 11.0. The van der Waals surface area contributed by atoms with Crippen LogP contribution in [0.15, 0.2) is 60.7 Å². The maximum Gasteiger partial charge on any atom is 0.410 e. The van der Waals surface area contributed by atoms with Crippen LogP contribution in [-0.4, -0.2) is 53.6 Å². The number of carbonyl (C=O) groups is 2. The number of nitrogens with zero attached hydrogens (tertiary/aromatic N) is 2. The minimum atomic E-state index is -0.527. The summed E-state index contributed by atoms with van der Waals surface area (Å²) in [5, 5.41) is 0. The van der Waals surface area contributed by atoms with Crippen molar-refractivity contribution in [2.24, 2.45) is 0 Å². The van der Waals surface area contributed by atoms with Crippen LogP contribution in [0.2, 0.25) is 0 Å². The Morgan fingerprint density at radius 3 is 2.41 bits per heavy atom. The third kappa shape index (κ3) is 7.45. The topological polar surface area (TPSA) is 59.1 Å². The molecule has 0 spiro atoms. The van der Waals surface area contributed by atoms with Crippen LogP contribution in [0.1, 0.15) is 38.3 Å². The van der Waals surface area contributed by atoms with Crippen molar-refractivity contribution in [3.05, 3.63) is 71.8 Å². The third-order valence-electron chi connectivity index (χ3n) is 4.98. The molecule has 1 fully saturated rings. The molecule has 0 aromatic heterocycles. The highest BCUT2D eigenvalue weighted by molar-refractivity contribution is 5.91. The molecule has 0 saturated carbocycles. The van der Waals surface area contributed by atoms with Crippen molar-refractivity contribution in [3.8, 4) is 5.75 Å². The molecular weight excluding hydrogens is 404 g/mol. The summed E-state index contributed by atoms with van der Waals surface area (Å²) in [5.74, 6) is 0.692. The van der Waals surface area contributed by atoms with E-state index in [4.69, 9.17) is 9.47 Å². The van der Waals surface area contributed by atoms with Crippen LogP contribution in [0.4, 0.5) is 4.79 Å². The van der Waals surface area contributed by atoms with Gasteiger partial charge in [-0.2, -0.15) is 0 Å². The van der Waals surface area contributed by atoms with Crippen LogP contribution < -0.4 is 4.74 Å². The zero-order valence-corrected chi connectivity index (χ0v) is 19.1. The molecule has 2 aromatic carbocycles. The molecule has 0 radical (unpaired) electrons. The highest BCUT2D eigenvalue weighted by Crippen LogP contribution is 2.17. The van der Waals surface area contributed by atoms with E-state index < -0.39 is 5.60 Å². The third-order valence-corrected chi connectivity index (χ3v) is 4.98. The lowest BCUT2D eigenvalue weighted by atomic mass is 10.2. The van der Waals surface area contributed by atoms with E-state index in [9.17, 15) is 9.59 Å². The predicted octanol–water partition coefficient (Wildman–Crippen LogP) is 4.75. The second-order valence-corrected chi connectivity index (χ2v) is 8.83. The van der Waals surface area contributed by atoms with Gasteiger partial charge in [0.1, 0.15) is 18.0 Å². The molecule has 6 nitrogen and oxygen atoms in total. The van der Waals surface area contributed by atoms with Crippen molar-refractivity contribution >= 4 is 18.1 Å². The summed E-state index contributed by atoms with van der Waals surface area (Å²) in [7, 11) is 0.